The maximum atomic E-state index is 6.17. The second kappa shape index (κ2) is 4.21. The summed E-state index contributed by atoms with van der Waals surface area (Å²) in [6.45, 7) is 2.68. The van der Waals surface area contributed by atoms with Gasteiger partial charge in [0.1, 0.15) is 5.82 Å². The summed E-state index contributed by atoms with van der Waals surface area (Å²) in [7, 11) is 0. The van der Waals surface area contributed by atoms with Gasteiger partial charge in [-0.1, -0.05) is 18.5 Å². The molecule has 0 radical (unpaired) electrons. The number of aromatic nitrogens is 2. The lowest BCUT2D eigenvalue weighted by Crippen LogP contribution is -2.03. The first-order valence-corrected chi connectivity index (χ1v) is 5.50. The van der Waals surface area contributed by atoms with Crippen molar-refractivity contribution in [2.45, 2.75) is 19.8 Å². The van der Waals surface area contributed by atoms with Gasteiger partial charge in [-0.2, -0.15) is 0 Å². The molecule has 0 aliphatic heterocycles. The van der Waals surface area contributed by atoms with Gasteiger partial charge in [0.25, 0.3) is 0 Å². The number of nitrogens with zero attached hydrogens (tertiary/aromatic N) is 2. The first-order valence-electron chi connectivity index (χ1n) is 5.12. The monoisotopic (exact) mass is 223 g/mol. The van der Waals surface area contributed by atoms with Crippen molar-refractivity contribution in [3.8, 4) is 0 Å². The molecule has 0 saturated carbocycles. The predicted octanol–water partition coefficient (Wildman–Crippen LogP) is 2.05. The number of hydrogen-bond donors (Lipinski definition) is 1. The fraction of sp³-hybridized carbons (Fsp3) is 0.364. The summed E-state index contributed by atoms with van der Waals surface area (Å²) in [5.74, 6) is 1.04. The van der Waals surface area contributed by atoms with E-state index in [0.29, 0.717) is 6.54 Å². The second-order valence-corrected chi connectivity index (χ2v) is 3.85. The molecule has 2 N–H and O–H groups in total. The highest BCUT2D eigenvalue weighted by Gasteiger charge is 2.11. The molecule has 0 bridgehead atoms. The Labute approximate surface area is 93.9 Å². The molecule has 80 valence electrons. The Balaban J connectivity index is 2.70. The lowest BCUT2D eigenvalue weighted by Gasteiger charge is -2.00. The quantitative estimate of drug-likeness (QED) is 0.866. The maximum absolute atomic E-state index is 6.17. The number of nitrogens with two attached hydrogens (primary N) is 1. The summed E-state index contributed by atoms with van der Waals surface area (Å²) in [4.78, 5) is 4.56. The summed E-state index contributed by atoms with van der Waals surface area (Å²) < 4.78 is 2.05. The van der Waals surface area contributed by atoms with Crippen molar-refractivity contribution in [3.05, 3.63) is 34.9 Å². The van der Waals surface area contributed by atoms with Crippen LogP contribution in [0, 0.1) is 0 Å². The molecule has 2 heterocycles. The lowest BCUT2D eigenvalue weighted by molar-refractivity contribution is 0.899. The minimum atomic E-state index is 0.598. The average Bonchev–Trinajstić information content (AvgIpc) is 2.59. The van der Waals surface area contributed by atoms with Crippen molar-refractivity contribution in [2.75, 3.05) is 6.54 Å². The van der Waals surface area contributed by atoms with Crippen LogP contribution in [-0.2, 0) is 12.8 Å². The van der Waals surface area contributed by atoms with Crippen LogP contribution in [0.2, 0.25) is 5.02 Å². The van der Waals surface area contributed by atoms with Gasteiger partial charge in [-0.05, 0) is 18.7 Å². The van der Waals surface area contributed by atoms with Gasteiger partial charge >= 0.3 is 0 Å². The van der Waals surface area contributed by atoms with E-state index in [-0.39, 0.29) is 0 Å². The summed E-state index contributed by atoms with van der Waals surface area (Å²) >= 11 is 6.17. The molecule has 0 aromatic carbocycles. The van der Waals surface area contributed by atoms with Crippen LogP contribution in [0.5, 0.6) is 0 Å². The minimum absolute atomic E-state index is 0.598. The Kier molecular flexibility index (Phi) is 2.93. The first kappa shape index (κ1) is 10.5. The molecule has 2 aromatic rings. The number of pyridine rings is 1. The molecular weight excluding hydrogens is 210 g/mol. The van der Waals surface area contributed by atoms with E-state index < -0.39 is 0 Å². The van der Waals surface area contributed by atoms with E-state index in [1.807, 2.05) is 22.7 Å². The molecule has 0 unspecified atom stereocenters. The summed E-state index contributed by atoms with van der Waals surface area (Å²) in [5, 5.41) is 0.744. The number of fused-ring (bicyclic) bond motifs is 1. The molecule has 4 heteroatoms. The van der Waals surface area contributed by atoms with Crippen LogP contribution in [0.4, 0.5) is 0 Å². The van der Waals surface area contributed by atoms with Crippen molar-refractivity contribution < 1.29 is 0 Å². The number of hydrogen-bond acceptors (Lipinski definition) is 2. The fourth-order valence-corrected chi connectivity index (χ4v) is 2.07. The van der Waals surface area contributed by atoms with Gasteiger partial charge in [0.05, 0.1) is 16.2 Å². The van der Waals surface area contributed by atoms with E-state index in [9.17, 15) is 0 Å². The Morgan fingerprint density at radius 3 is 3.00 bits per heavy atom. The van der Waals surface area contributed by atoms with Crippen molar-refractivity contribution in [2.24, 2.45) is 5.73 Å². The van der Waals surface area contributed by atoms with Crippen LogP contribution in [0.1, 0.15) is 18.4 Å². The van der Waals surface area contributed by atoms with Crippen LogP contribution in [0.25, 0.3) is 5.52 Å². The molecule has 0 saturated heterocycles. The zero-order chi connectivity index (χ0) is 10.8. The topological polar surface area (TPSA) is 43.3 Å². The highest BCUT2D eigenvalue weighted by molar-refractivity contribution is 6.34. The zero-order valence-electron chi connectivity index (χ0n) is 8.70. The van der Waals surface area contributed by atoms with Crippen LogP contribution >= 0.6 is 11.6 Å². The fourth-order valence-electron chi connectivity index (χ4n) is 1.80. The van der Waals surface area contributed by atoms with Crippen molar-refractivity contribution in [1.82, 2.24) is 9.38 Å². The van der Waals surface area contributed by atoms with Crippen LogP contribution in [-0.4, -0.2) is 15.9 Å². The SMILES string of the molecule is CCc1nc(CCN)c2c(Cl)cccn12. The van der Waals surface area contributed by atoms with Gasteiger partial charge in [0.15, 0.2) is 0 Å². The predicted molar refractivity (Wildman–Crippen MR) is 62.3 cm³/mol. The molecule has 0 fully saturated rings. The smallest absolute Gasteiger partial charge is 0.113 e. The molecule has 2 rings (SSSR count). The van der Waals surface area contributed by atoms with E-state index in [4.69, 9.17) is 17.3 Å². The Morgan fingerprint density at radius 1 is 1.53 bits per heavy atom. The first-order chi connectivity index (χ1) is 7.27. The summed E-state index contributed by atoms with van der Waals surface area (Å²) in [5.41, 5.74) is 7.56. The third-order valence-electron chi connectivity index (χ3n) is 2.46. The van der Waals surface area contributed by atoms with Crippen molar-refractivity contribution >= 4 is 17.1 Å². The van der Waals surface area contributed by atoms with E-state index >= 15 is 0 Å². The molecule has 0 aliphatic rings. The molecule has 15 heavy (non-hydrogen) atoms. The number of imidazole rings is 1. The Bertz CT molecular complexity index is 476. The minimum Gasteiger partial charge on any atom is -0.330 e. The molecule has 0 atom stereocenters. The summed E-state index contributed by atoms with van der Waals surface area (Å²) in [6.07, 6.45) is 3.66. The largest absolute Gasteiger partial charge is 0.330 e. The molecular formula is C11H14ClN3. The normalized spacial score (nSPS) is 11.1. The summed E-state index contributed by atoms with van der Waals surface area (Å²) in [6, 6.07) is 3.82. The standard InChI is InChI=1S/C11H14ClN3/c1-2-10-14-9(5-6-13)11-8(12)4-3-7-15(10)11/h3-4,7H,2,5-6,13H2,1H3. The van der Waals surface area contributed by atoms with Crippen molar-refractivity contribution in [3.63, 3.8) is 0 Å². The van der Waals surface area contributed by atoms with Gasteiger partial charge in [-0.3, -0.25) is 0 Å². The molecule has 0 spiro atoms. The maximum Gasteiger partial charge on any atom is 0.113 e. The van der Waals surface area contributed by atoms with Crippen LogP contribution in [0.3, 0.4) is 0 Å². The van der Waals surface area contributed by atoms with E-state index in [0.717, 1.165) is 34.9 Å². The van der Waals surface area contributed by atoms with Gasteiger partial charge in [-0.25, -0.2) is 4.98 Å². The number of rotatable bonds is 3. The van der Waals surface area contributed by atoms with Gasteiger partial charge in [0, 0.05) is 19.0 Å². The lowest BCUT2D eigenvalue weighted by atomic mass is 10.2. The number of aryl methyl sites for hydroxylation is 1. The zero-order valence-corrected chi connectivity index (χ0v) is 9.46. The van der Waals surface area contributed by atoms with Crippen LogP contribution in [0.15, 0.2) is 18.3 Å². The average molecular weight is 224 g/mol. The Morgan fingerprint density at radius 2 is 2.33 bits per heavy atom. The van der Waals surface area contributed by atoms with E-state index in [1.165, 1.54) is 0 Å². The van der Waals surface area contributed by atoms with Gasteiger partial charge in [-0.15, -0.1) is 0 Å². The van der Waals surface area contributed by atoms with Gasteiger partial charge in [0.2, 0.25) is 0 Å². The van der Waals surface area contributed by atoms with E-state index in [2.05, 4.69) is 11.9 Å². The molecule has 0 amide bonds. The third kappa shape index (κ3) is 1.73. The Hall–Kier alpha value is -1.06. The third-order valence-corrected chi connectivity index (χ3v) is 2.76. The molecule has 0 aliphatic carbocycles. The highest BCUT2D eigenvalue weighted by atomic mass is 35.5. The van der Waals surface area contributed by atoms with Gasteiger partial charge < -0.3 is 10.1 Å². The van der Waals surface area contributed by atoms with Crippen LogP contribution < -0.4 is 5.73 Å². The molecule has 2 aromatic heterocycles. The molecule has 3 nitrogen and oxygen atoms in total. The van der Waals surface area contributed by atoms with Crippen molar-refractivity contribution in [1.29, 1.82) is 0 Å². The highest BCUT2D eigenvalue weighted by Crippen LogP contribution is 2.22. The number of halogens is 1. The van der Waals surface area contributed by atoms with E-state index in [1.54, 1.807) is 0 Å². The second-order valence-electron chi connectivity index (χ2n) is 3.44.